The molecule has 0 unspecified atom stereocenters. The molecule has 0 spiro atoms. The molecule has 20 heavy (non-hydrogen) atoms. The summed E-state index contributed by atoms with van der Waals surface area (Å²) in [6.07, 6.45) is 0.529. The molecule has 2 amide bonds. The van der Waals surface area contributed by atoms with E-state index >= 15 is 0 Å². The van der Waals surface area contributed by atoms with E-state index in [1.165, 1.54) is 6.92 Å². The Kier molecular flexibility index (Phi) is 4.61. The number of rotatable bonds is 3. The van der Waals surface area contributed by atoms with E-state index in [-0.39, 0.29) is 11.8 Å². The molecule has 0 aromatic heterocycles. The van der Waals surface area contributed by atoms with Gasteiger partial charge in [-0.2, -0.15) is 0 Å². The van der Waals surface area contributed by atoms with E-state index in [1.54, 1.807) is 0 Å². The SMILES string of the molecule is CCN1Cc2cc(CNC(C)=O)ccc2NCCC1=O. The highest BCUT2D eigenvalue weighted by Gasteiger charge is 2.17. The molecule has 0 atom stereocenters. The van der Waals surface area contributed by atoms with Gasteiger partial charge in [0.1, 0.15) is 0 Å². The topological polar surface area (TPSA) is 61.4 Å². The Labute approximate surface area is 119 Å². The fourth-order valence-electron chi connectivity index (χ4n) is 2.33. The maximum Gasteiger partial charge on any atom is 0.224 e. The summed E-state index contributed by atoms with van der Waals surface area (Å²) in [7, 11) is 0. The molecular weight excluding hydrogens is 254 g/mol. The average Bonchev–Trinajstić information content (AvgIpc) is 2.41. The molecule has 1 aliphatic heterocycles. The van der Waals surface area contributed by atoms with Gasteiger partial charge < -0.3 is 15.5 Å². The maximum absolute atomic E-state index is 11.9. The lowest BCUT2D eigenvalue weighted by Crippen LogP contribution is -2.33. The highest BCUT2D eigenvalue weighted by molar-refractivity contribution is 5.77. The molecule has 0 aliphatic carbocycles. The van der Waals surface area contributed by atoms with Crippen LogP contribution in [-0.2, 0) is 22.7 Å². The van der Waals surface area contributed by atoms with E-state index < -0.39 is 0 Å². The quantitative estimate of drug-likeness (QED) is 0.878. The first-order valence-corrected chi connectivity index (χ1v) is 6.98. The van der Waals surface area contributed by atoms with Crippen LogP contribution in [0.5, 0.6) is 0 Å². The van der Waals surface area contributed by atoms with E-state index in [0.717, 1.165) is 16.8 Å². The number of nitrogens with one attached hydrogen (secondary N) is 2. The first-order valence-electron chi connectivity index (χ1n) is 6.98. The molecule has 1 aliphatic rings. The minimum Gasteiger partial charge on any atom is -0.384 e. The van der Waals surface area contributed by atoms with Crippen LogP contribution < -0.4 is 10.6 Å². The highest BCUT2D eigenvalue weighted by atomic mass is 16.2. The van der Waals surface area contributed by atoms with Crippen LogP contribution in [0.15, 0.2) is 18.2 Å². The third kappa shape index (κ3) is 3.50. The van der Waals surface area contributed by atoms with Gasteiger partial charge in [0, 0.05) is 45.2 Å². The van der Waals surface area contributed by atoms with Crippen molar-refractivity contribution < 1.29 is 9.59 Å². The lowest BCUT2D eigenvalue weighted by atomic mass is 10.1. The standard InChI is InChI=1S/C15H21N3O2/c1-3-18-10-13-8-12(9-17-11(2)19)4-5-14(13)16-7-6-15(18)20/h4-5,8,16H,3,6-7,9-10H2,1-2H3,(H,17,19). The van der Waals surface area contributed by atoms with Gasteiger partial charge in [-0.15, -0.1) is 0 Å². The number of hydrogen-bond acceptors (Lipinski definition) is 3. The smallest absolute Gasteiger partial charge is 0.224 e. The Morgan fingerprint density at radius 1 is 1.45 bits per heavy atom. The number of anilines is 1. The molecule has 108 valence electrons. The molecule has 1 aromatic rings. The van der Waals surface area contributed by atoms with Crippen LogP contribution in [0.3, 0.4) is 0 Å². The van der Waals surface area contributed by atoms with Crippen LogP contribution in [0, 0.1) is 0 Å². The summed E-state index contributed by atoms with van der Waals surface area (Å²) in [5, 5.41) is 6.09. The van der Waals surface area contributed by atoms with Crippen molar-refractivity contribution in [2.45, 2.75) is 33.4 Å². The summed E-state index contributed by atoms with van der Waals surface area (Å²) in [5.74, 6) is 0.137. The van der Waals surface area contributed by atoms with Crippen LogP contribution in [0.2, 0.25) is 0 Å². The molecular formula is C15H21N3O2. The van der Waals surface area contributed by atoms with Crippen LogP contribution >= 0.6 is 0 Å². The van der Waals surface area contributed by atoms with Gasteiger partial charge in [0.05, 0.1) is 0 Å². The number of fused-ring (bicyclic) bond motifs is 1. The Bertz CT molecular complexity index is 514. The summed E-state index contributed by atoms with van der Waals surface area (Å²) >= 11 is 0. The Hall–Kier alpha value is -2.04. The molecule has 0 saturated carbocycles. The Morgan fingerprint density at radius 3 is 2.95 bits per heavy atom. The van der Waals surface area contributed by atoms with Crippen LogP contribution in [0.4, 0.5) is 5.69 Å². The predicted molar refractivity (Wildman–Crippen MR) is 78.2 cm³/mol. The lowest BCUT2D eigenvalue weighted by molar-refractivity contribution is -0.131. The van der Waals surface area contributed by atoms with Crippen molar-refractivity contribution >= 4 is 17.5 Å². The number of benzene rings is 1. The second kappa shape index (κ2) is 6.41. The number of nitrogens with zero attached hydrogens (tertiary/aromatic N) is 1. The molecule has 1 aromatic carbocycles. The Balaban J connectivity index is 2.20. The molecule has 5 nitrogen and oxygen atoms in total. The van der Waals surface area contributed by atoms with Crippen LogP contribution in [0.1, 0.15) is 31.4 Å². The molecule has 2 N–H and O–H groups in total. The largest absolute Gasteiger partial charge is 0.384 e. The van der Waals surface area contributed by atoms with Crippen LogP contribution in [-0.4, -0.2) is 29.8 Å². The van der Waals surface area contributed by atoms with E-state index in [4.69, 9.17) is 0 Å². The van der Waals surface area contributed by atoms with E-state index in [1.807, 2.05) is 24.0 Å². The van der Waals surface area contributed by atoms with Crippen molar-refractivity contribution in [2.75, 3.05) is 18.4 Å². The summed E-state index contributed by atoms with van der Waals surface area (Å²) in [6, 6.07) is 6.08. The summed E-state index contributed by atoms with van der Waals surface area (Å²) < 4.78 is 0. The zero-order valence-electron chi connectivity index (χ0n) is 12.0. The summed E-state index contributed by atoms with van der Waals surface area (Å²) in [6.45, 7) is 6.01. The number of carbonyl (C=O) groups is 2. The zero-order valence-corrected chi connectivity index (χ0v) is 12.0. The van der Waals surface area contributed by atoms with Gasteiger partial charge in [0.15, 0.2) is 0 Å². The van der Waals surface area contributed by atoms with Gasteiger partial charge in [-0.1, -0.05) is 12.1 Å². The minimum atomic E-state index is -0.0415. The minimum absolute atomic E-state index is 0.0415. The number of amides is 2. The molecule has 0 bridgehead atoms. The Morgan fingerprint density at radius 2 is 2.25 bits per heavy atom. The van der Waals surface area contributed by atoms with Crippen molar-refractivity contribution in [3.05, 3.63) is 29.3 Å². The molecule has 0 radical (unpaired) electrons. The van der Waals surface area contributed by atoms with E-state index in [0.29, 0.717) is 32.6 Å². The van der Waals surface area contributed by atoms with Gasteiger partial charge in [-0.25, -0.2) is 0 Å². The first kappa shape index (κ1) is 14.4. The van der Waals surface area contributed by atoms with Crippen molar-refractivity contribution in [1.82, 2.24) is 10.2 Å². The van der Waals surface area contributed by atoms with Gasteiger partial charge in [-0.3, -0.25) is 9.59 Å². The lowest BCUT2D eigenvalue weighted by Gasteiger charge is -2.26. The van der Waals surface area contributed by atoms with Crippen molar-refractivity contribution in [2.24, 2.45) is 0 Å². The van der Waals surface area contributed by atoms with Crippen molar-refractivity contribution in [1.29, 1.82) is 0 Å². The predicted octanol–water partition coefficient (Wildman–Crippen LogP) is 1.49. The second-order valence-electron chi connectivity index (χ2n) is 4.99. The normalized spacial score (nSPS) is 14.9. The summed E-state index contributed by atoms with van der Waals surface area (Å²) in [5.41, 5.74) is 3.22. The fraction of sp³-hybridized carbons (Fsp3) is 0.467. The van der Waals surface area contributed by atoms with Crippen molar-refractivity contribution in [3.8, 4) is 0 Å². The van der Waals surface area contributed by atoms with Crippen LogP contribution in [0.25, 0.3) is 0 Å². The third-order valence-electron chi connectivity index (χ3n) is 3.46. The molecule has 1 heterocycles. The first-order chi connectivity index (χ1) is 9.60. The van der Waals surface area contributed by atoms with Gasteiger partial charge >= 0.3 is 0 Å². The number of carbonyl (C=O) groups excluding carboxylic acids is 2. The average molecular weight is 275 g/mol. The van der Waals surface area contributed by atoms with Crippen molar-refractivity contribution in [3.63, 3.8) is 0 Å². The molecule has 2 rings (SSSR count). The third-order valence-corrected chi connectivity index (χ3v) is 3.46. The van der Waals surface area contributed by atoms with Gasteiger partial charge in [-0.05, 0) is 24.1 Å². The maximum atomic E-state index is 11.9. The summed E-state index contributed by atoms with van der Waals surface area (Å²) in [4.78, 5) is 24.8. The monoisotopic (exact) mass is 275 g/mol. The molecule has 0 fully saturated rings. The second-order valence-corrected chi connectivity index (χ2v) is 4.99. The van der Waals surface area contributed by atoms with E-state index in [2.05, 4.69) is 16.7 Å². The molecule has 0 saturated heterocycles. The van der Waals surface area contributed by atoms with Gasteiger partial charge in [0.2, 0.25) is 11.8 Å². The highest BCUT2D eigenvalue weighted by Crippen LogP contribution is 2.22. The fourth-order valence-corrected chi connectivity index (χ4v) is 2.33. The van der Waals surface area contributed by atoms with Gasteiger partial charge in [0.25, 0.3) is 0 Å². The zero-order chi connectivity index (χ0) is 14.5. The number of hydrogen-bond donors (Lipinski definition) is 2. The molecule has 5 heteroatoms. The van der Waals surface area contributed by atoms with E-state index in [9.17, 15) is 9.59 Å².